The van der Waals surface area contributed by atoms with Crippen molar-refractivity contribution >= 4 is 5.91 Å². The summed E-state index contributed by atoms with van der Waals surface area (Å²) in [7, 11) is 1.88. The van der Waals surface area contributed by atoms with E-state index >= 15 is 0 Å². The Bertz CT molecular complexity index is 461. The molecule has 25 heavy (non-hydrogen) atoms. The SMILES string of the molecule is CCOC1CC(N)(C(=O)N(C)CC2CCN(CC(C)O)CC2)C1(C)C. The van der Waals surface area contributed by atoms with Crippen molar-refractivity contribution in [1.29, 1.82) is 0 Å². The molecular formula is C19H37N3O3. The maximum absolute atomic E-state index is 13.0. The highest BCUT2D eigenvalue weighted by Gasteiger charge is 2.63. The normalized spacial score (nSPS) is 31.4. The third-order valence-corrected chi connectivity index (χ3v) is 6.32. The summed E-state index contributed by atoms with van der Waals surface area (Å²) in [4.78, 5) is 17.1. The van der Waals surface area contributed by atoms with E-state index in [0.29, 0.717) is 18.9 Å². The Morgan fingerprint density at radius 1 is 1.40 bits per heavy atom. The first-order valence-corrected chi connectivity index (χ1v) is 9.68. The number of β-amino-alcohol motifs (C(OH)–C–C–N with tert-alkyl or cyclic N) is 1. The standard InChI is InChI=1S/C19H37N3O3/c1-6-25-16-11-19(20,18(16,3)4)17(24)21(5)13-15-7-9-22(10-8-15)12-14(2)23/h14-16,23H,6-13,20H2,1-5H3. The third kappa shape index (κ3) is 4.18. The summed E-state index contributed by atoms with van der Waals surface area (Å²) >= 11 is 0. The number of likely N-dealkylation sites (N-methyl/N-ethyl adjacent to an activating group) is 1. The van der Waals surface area contributed by atoms with Gasteiger partial charge in [-0.1, -0.05) is 13.8 Å². The van der Waals surface area contributed by atoms with Gasteiger partial charge in [0.1, 0.15) is 5.54 Å². The van der Waals surface area contributed by atoms with Gasteiger partial charge in [0.15, 0.2) is 0 Å². The molecule has 6 heteroatoms. The molecule has 1 aliphatic carbocycles. The van der Waals surface area contributed by atoms with E-state index in [9.17, 15) is 9.90 Å². The Labute approximate surface area is 152 Å². The van der Waals surface area contributed by atoms with Gasteiger partial charge in [-0.05, 0) is 45.7 Å². The van der Waals surface area contributed by atoms with Gasteiger partial charge in [-0.2, -0.15) is 0 Å². The van der Waals surface area contributed by atoms with Crippen LogP contribution in [0.5, 0.6) is 0 Å². The molecule has 0 aromatic rings. The van der Waals surface area contributed by atoms with Crippen molar-refractivity contribution in [3.63, 3.8) is 0 Å². The van der Waals surface area contributed by atoms with E-state index in [1.54, 1.807) is 0 Å². The largest absolute Gasteiger partial charge is 0.392 e. The number of carbonyl (C=O) groups excluding carboxylic acids is 1. The van der Waals surface area contributed by atoms with E-state index in [4.69, 9.17) is 10.5 Å². The lowest BCUT2D eigenvalue weighted by molar-refractivity contribution is -0.178. The number of aliphatic hydroxyl groups excluding tert-OH is 1. The van der Waals surface area contributed by atoms with Crippen LogP contribution in [-0.2, 0) is 9.53 Å². The van der Waals surface area contributed by atoms with Crippen molar-refractivity contribution in [1.82, 2.24) is 9.80 Å². The molecule has 3 atom stereocenters. The monoisotopic (exact) mass is 355 g/mol. The van der Waals surface area contributed by atoms with Gasteiger partial charge in [0.2, 0.25) is 5.91 Å². The van der Waals surface area contributed by atoms with Crippen LogP contribution in [-0.4, -0.2) is 78.4 Å². The maximum Gasteiger partial charge on any atom is 0.243 e. The molecule has 2 aliphatic rings. The van der Waals surface area contributed by atoms with Gasteiger partial charge in [-0.3, -0.25) is 4.79 Å². The summed E-state index contributed by atoms with van der Waals surface area (Å²) in [5.41, 5.74) is 5.36. The molecule has 1 amide bonds. The van der Waals surface area contributed by atoms with Crippen molar-refractivity contribution in [3.05, 3.63) is 0 Å². The quantitative estimate of drug-likeness (QED) is 0.714. The lowest BCUT2D eigenvalue weighted by Crippen LogP contribution is -2.75. The second-order valence-corrected chi connectivity index (χ2v) is 8.62. The molecule has 2 rings (SSSR count). The molecule has 0 spiro atoms. The maximum atomic E-state index is 13.0. The van der Waals surface area contributed by atoms with Crippen LogP contribution in [0.4, 0.5) is 0 Å². The van der Waals surface area contributed by atoms with Crippen molar-refractivity contribution in [2.75, 3.05) is 39.8 Å². The van der Waals surface area contributed by atoms with Crippen molar-refractivity contribution < 1.29 is 14.6 Å². The average Bonchev–Trinajstić information content (AvgIpc) is 2.55. The second kappa shape index (κ2) is 7.91. The van der Waals surface area contributed by atoms with Gasteiger partial charge < -0.3 is 25.4 Å². The molecule has 146 valence electrons. The molecule has 3 unspecified atom stereocenters. The molecule has 1 aliphatic heterocycles. The number of nitrogens with zero attached hydrogens (tertiary/aromatic N) is 2. The minimum atomic E-state index is -0.825. The Morgan fingerprint density at radius 3 is 2.48 bits per heavy atom. The molecular weight excluding hydrogens is 318 g/mol. The van der Waals surface area contributed by atoms with Crippen LogP contribution in [0.3, 0.4) is 0 Å². The number of nitrogens with two attached hydrogens (primary N) is 1. The lowest BCUT2D eigenvalue weighted by Gasteiger charge is -2.58. The molecule has 1 saturated heterocycles. The molecule has 0 aromatic heterocycles. The van der Waals surface area contributed by atoms with Gasteiger partial charge in [0.05, 0.1) is 12.2 Å². The zero-order valence-corrected chi connectivity index (χ0v) is 16.6. The van der Waals surface area contributed by atoms with E-state index in [1.165, 1.54) is 0 Å². The smallest absolute Gasteiger partial charge is 0.243 e. The van der Waals surface area contributed by atoms with E-state index in [1.807, 2.05) is 39.6 Å². The Morgan fingerprint density at radius 2 is 2.00 bits per heavy atom. The van der Waals surface area contributed by atoms with Crippen LogP contribution in [0.25, 0.3) is 0 Å². The molecule has 1 saturated carbocycles. The molecule has 0 bridgehead atoms. The topological polar surface area (TPSA) is 79.0 Å². The highest BCUT2D eigenvalue weighted by atomic mass is 16.5. The number of rotatable bonds is 7. The van der Waals surface area contributed by atoms with Gasteiger partial charge in [0.25, 0.3) is 0 Å². The summed E-state index contributed by atoms with van der Waals surface area (Å²) in [6.07, 6.45) is 2.50. The van der Waals surface area contributed by atoms with Crippen LogP contribution in [0.15, 0.2) is 0 Å². The molecule has 2 fully saturated rings. The van der Waals surface area contributed by atoms with Crippen molar-refractivity contribution in [2.45, 2.75) is 64.7 Å². The third-order valence-electron chi connectivity index (χ3n) is 6.32. The predicted octanol–water partition coefficient (Wildman–Crippen LogP) is 1.07. The molecule has 0 radical (unpaired) electrons. The van der Waals surface area contributed by atoms with Gasteiger partial charge in [-0.15, -0.1) is 0 Å². The summed E-state index contributed by atoms with van der Waals surface area (Å²) in [6, 6.07) is 0. The summed E-state index contributed by atoms with van der Waals surface area (Å²) in [6.45, 7) is 12.0. The fourth-order valence-electron chi connectivity index (χ4n) is 4.33. The number of ether oxygens (including phenoxy) is 1. The summed E-state index contributed by atoms with van der Waals surface area (Å²) < 4.78 is 5.74. The van der Waals surface area contributed by atoms with E-state index < -0.39 is 5.54 Å². The number of hydrogen-bond donors (Lipinski definition) is 2. The number of amides is 1. The molecule has 6 nitrogen and oxygen atoms in total. The predicted molar refractivity (Wildman–Crippen MR) is 99.2 cm³/mol. The number of hydrogen-bond acceptors (Lipinski definition) is 5. The highest BCUT2D eigenvalue weighted by molar-refractivity contribution is 5.88. The Hall–Kier alpha value is -0.690. The van der Waals surface area contributed by atoms with Gasteiger partial charge in [0, 0.05) is 38.6 Å². The molecule has 1 heterocycles. The molecule has 0 aromatic carbocycles. The van der Waals surface area contributed by atoms with Crippen molar-refractivity contribution in [2.24, 2.45) is 17.1 Å². The zero-order chi connectivity index (χ0) is 18.8. The summed E-state index contributed by atoms with van der Waals surface area (Å²) in [5.74, 6) is 0.550. The van der Waals surface area contributed by atoms with E-state index in [-0.39, 0.29) is 23.5 Å². The minimum absolute atomic E-state index is 0.0415. The first-order valence-electron chi connectivity index (χ1n) is 9.68. The van der Waals surface area contributed by atoms with E-state index in [0.717, 1.165) is 39.0 Å². The first kappa shape index (κ1) is 20.6. The Balaban J connectivity index is 1.85. The first-order chi connectivity index (χ1) is 11.6. The lowest BCUT2D eigenvalue weighted by atomic mass is 9.54. The second-order valence-electron chi connectivity index (χ2n) is 8.62. The van der Waals surface area contributed by atoms with Crippen LogP contribution < -0.4 is 5.73 Å². The molecule has 3 N–H and O–H groups in total. The number of likely N-dealkylation sites (tertiary alicyclic amines) is 1. The van der Waals surface area contributed by atoms with Gasteiger partial charge in [-0.25, -0.2) is 0 Å². The average molecular weight is 356 g/mol. The van der Waals surface area contributed by atoms with Crippen molar-refractivity contribution in [3.8, 4) is 0 Å². The fourth-order valence-corrected chi connectivity index (χ4v) is 4.33. The van der Waals surface area contributed by atoms with Crippen LogP contribution in [0.1, 0.15) is 47.0 Å². The zero-order valence-electron chi connectivity index (χ0n) is 16.6. The van der Waals surface area contributed by atoms with Gasteiger partial charge >= 0.3 is 0 Å². The Kier molecular flexibility index (Phi) is 6.52. The highest BCUT2D eigenvalue weighted by Crippen LogP contribution is 2.50. The summed E-state index contributed by atoms with van der Waals surface area (Å²) in [5, 5.41) is 9.50. The minimum Gasteiger partial charge on any atom is -0.392 e. The fraction of sp³-hybridized carbons (Fsp3) is 0.947. The number of carbonyl (C=O) groups is 1. The van der Waals surface area contributed by atoms with Crippen LogP contribution in [0.2, 0.25) is 0 Å². The van der Waals surface area contributed by atoms with Crippen LogP contribution >= 0.6 is 0 Å². The van der Waals surface area contributed by atoms with E-state index in [2.05, 4.69) is 4.90 Å². The van der Waals surface area contributed by atoms with Crippen LogP contribution in [0, 0.1) is 11.3 Å². The number of piperidine rings is 1. The number of aliphatic hydroxyl groups is 1.